The van der Waals surface area contributed by atoms with Crippen LogP contribution in [-0.4, -0.2) is 46.3 Å². The summed E-state index contributed by atoms with van der Waals surface area (Å²) >= 11 is 0. The Morgan fingerprint density at radius 3 is 1.58 bits per heavy atom. The predicted molar refractivity (Wildman–Crippen MR) is 148 cm³/mol. The van der Waals surface area contributed by atoms with Gasteiger partial charge in [0.2, 0.25) is 5.60 Å². The second-order valence-corrected chi connectivity index (χ2v) is 11.6. The summed E-state index contributed by atoms with van der Waals surface area (Å²) < 4.78 is 11.0. The van der Waals surface area contributed by atoms with Gasteiger partial charge in [-0.1, -0.05) is 105 Å². The highest BCUT2D eigenvalue weighted by Crippen LogP contribution is 2.48. The lowest BCUT2D eigenvalue weighted by atomic mass is 9.63. The molecule has 0 aromatic rings. The van der Waals surface area contributed by atoms with Crippen molar-refractivity contribution in [3.8, 4) is 0 Å². The minimum absolute atomic E-state index is 0.0818. The molecule has 0 bridgehead atoms. The van der Waals surface area contributed by atoms with Crippen LogP contribution in [0.4, 0.5) is 0 Å². The fourth-order valence-electron chi connectivity index (χ4n) is 5.10. The largest absolute Gasteiger partial charge is 0.481 e. The third-order valence-electron chi connectivity index (χ3n) is 7.23. The maximum Gasteiger partial charge on any atom is 0.350 e. The first-order valence-electron chi connectivity index (χ1n) is 14.7. The van der Waals surface area contributed by atoms with Gasteiger partial charge in [-0.15, -0.1) is 0 Å². The summed E-state index contributed by atoms with van der Waals surface area (Å²) in [5.74, 6) is -3.63. The van der Waals surface area contributed by atoms with E-state index in [9.17, 15) is 29.4 Å². The van der Waals surface area contributed by atoms with Crippen LogP contribution in [0.1, 0.15) is 138 Å². The van der Waals surface area contributed by atoms with Gasteiger partial charge in [-0.05, 0) is 31.1 Å². The number of carboxylic acid groups (broad SMARTS) is 2. The van der Waals surface area contributed by atoms with E-state index >= 15 is 0 Å². The van der Waals surface area contributed by atoms with E-state index in [1.807, 2.05) is 6.92 Å². The van der Waals surface area contributed by atoms with Gasteiger partial charge in [0.05, 0.1) is 13.0 Å². The van der Waals surface area contributed by atoms with Crippen LogP contribution in [0, 0.1) is 17.3 Å². The molecule has 0 heterocycles. The number of rotatable bonds is 23. The predicted octanol–water partition coefficient (Wildman–Crippen LogP) is 7.17. The Bertz CT molecular complexity index is 677. The number of hydrogen-bond acceptors (Lipinski definition) is 6. The van der Waals surface area contributed by atoms with Gasteiger partial charge in [0, 0.05) is 6.92 Å². The van der Waals surface area contributed by atoms with Crippen molar-refractivity contribution >= 4 is 23.9 Å². The molecule has 0 rings (SSSR count). The van der Waals surface area contributed by atoms with E-state index in [-0.39, 0.29) is 19.4 Å². The molecule has 0 aliphatic rings. The molecule has 2 N–H and O–H groups in total. The zero-order valence-corrected chi connectivity index (χ0v) is 24.8. The summed E-state index contributed by atoms with van der Waals surface area (Å²) in [6, 6.07) is 0. The molecule has 0 aromatic heterocycles. The first-order chi connectivity index (χ1) is 17.8. The van der Waals surface area contributed by atoms with Crippen LogP contribution in [0.25, 0.3) is 0 Å². The van der Waals surface area contributed by atoms with Crippen LogP contribution in [0.5, 0.6) is 0 Å². The highest BCUT2D eigenvalue weighted by atomic mass is 16.6. The van der Waals surface area contributed by atoms with Crippen molar-refractivity contribution in [2.45, 2.75) is 143 Å². The maximum absolute atomic E-state index is 13.8. The normalized spacial score (nSPS) is 13.4. The quantitative estimate of drug-likeness (QED) is 0.103. The molecule has 0 spiro atoms. The van der Waals surface area contributed by atoms with Crippen LogP contribution in [0.3, 0.4) is 0 Å². The average molecular weight is 543 g/mol. The highest BCUT2D eigenvalue weighted by molar-refractivity contribution is 5.94. The Labute approximate surface area is 230 Å². The van der Waals surface area contributed by atoms with Crippen molar-refractivity contribution in [1.82, 2.24) is 0 Å². The lowest BCUT2D eigenvalue weighted by molar-refractivity contribution is -0.211. The Morgan fingerprint density at radius 1 is 0.737 bits per heavy atom. The zero-order valence-electron chi connectivity index (χ0n) is 24.8. The molecule has 0 aliphatic heterocycles. The molecule has 0 amide bonds. The first-order valence-corrected chi connectivity index (χ1v) is 14.7. The second-order valence-electron chi connectivity index (χ2n) is 11.6. The van der Waals surface area contributed by atoms with Crippen molar-refractivity contribution in [3.05, 3.63) is 0 Å². The van der Waals surface area contributed by atoms with Crippen LogP contribution in [0.2, 0.25) is 0 Å². The van der Waals surface area contributed by atoms with Gasteiger partial charge in [0.25, 0.3) is 0 Å². The summed E-state index contributed by atoms with van der Waals surface area (Å²) in [7, 11) is 0. The Hall–Kier alpha value is -2.12. The van der Waals surface area contributed by atoms with Gasteiger partial charge in [0.1, 0.15) is 5.41 Å². The summed E-state index contributed by atoms with van der Waals surface area (Å²) in [6.45, 7) is 11.7. The summed E-state index contributed by atoms with van der Waals surface area (Å²) in [6.07, 6.45) is 9.07. The molecule has 8 nitrogen and oxygen atoms in total. The molecule has 0 saturated heterocycles. The fraction of sp³-hybridized carbons (Fsp3) is 0.867. The van der Waals surface area contributed by atoms with E-state index in [0.29, 0.717) is 31.1 Å². The molecule has 0 aliphatic carbocycles. The second kappa shape index (κ2) is 19.0. The third kappa shape index (κ3) is 12.6. The van der Waals surface area contributed by atoms with Gasteiger partial charge in [-0.25, -0.2) is 4.79 Å². The number of unbranched alkanes of at least 4 members (excludes halogenated alkanes) is 7. The molecule has 1 unspecified atom stereocenters. The molecule has 222 valence electrons. The van der Waals surface area contributed by atoms with E-state index < -0.39 is 41.3 Å². The number of esters is 2. The molecular formula is C30H54O8. The van der Waals surface area contributed by atoms with E-state index in [1.54, 1.807) is 0 Å². The molecule has 0 radical (unpaired) electrons. The summed E-state index contributed by atoms with van der Waals surface area (Å²) in [5.41, 5.74) is -4.35. The fourth-order valence-corrected chi connectivity index (χ4v) is 5.10. The van der Waals surface area contributed by atoms with Crippen LogP contribution < -0.4 is 0 Å². The van der Waals surface area contributed by atoms with E-state index in [2.05, 4.69) is 27.7 Å². The number of carboxylic acids is 2. The molecule has 0 aromatic carbocycles. The molecule has 8 heteroatoms. The van der Waals surface area contributed by atoms with Gasteiger partial charge in [0.15, 0.2) is 0 Å². The topological polar surface area (TPSA) is 127 Å². The van der Waals surface area contributed by atoms with Gasteiger partial charge < -0.3 is 19.7 Å². The minimum Gasteiger partial charge on any atom is -0.481 e. The van der Waals surface area contributed by atoms with E-state index in [4.69, 9.17) is 9.47 Å². The van der Waals surface area contributed by atoms with Crippen LogP contribution in [0.15, 0.2) is 0 Å². The Kier molecular flexibility index (Phi) is 18.0. The van der Waals surface area contributed by atoms with Gasteiger partial charge in [-0.3, -0.25) is 14.4 Å². The monoisotopic (exact) mass is 542 g/mol. The van der Waals surface area contributed by atoms with E-state index in [1.165, 1.54) is 0 Å². The maximum atomic E-state index is 13.8. The molecule has 0 fully saturated rings. The van der Waals surface area contributed by atoms with E-state index in [0.717, 1.165) is 64.7 Å². The zero-order chi connectivity index (χ0) is 29.2. The van der Waals surface area contributed by atoms with Crippen LogP contribution >= 0.6 is 0 Å². The van der Waals surface area contributed by atoms with Crippen molar-refractivity contribution in [3.63, 3.8) is 0 Å². The standard InChI is InChI=1S/C30H54O8/c1-7-8-21-37-28(36)29(19-15-11-9-13-17-23(2)3,20-16-12-10-14-18-24(4)5)30(27(34)35,22-26(32)33)38-25(6)31/h23-24H,7-22H2,1-6H3,(H,32,33)(H,34,35). The number of aliphatic carboxylic acids is 2. The van der Waals surface area contributed by atoms with Crippen LogP contribution in [-0.2, 0) is 28.7 Å². The lowest BCUT2D eigenvalue weighted by Gasteiger charge is -2.44. The van der Waals surface area contributed by atoms with Gasteiger partial charge in [-0.2, -0.15) is 0 Å². The minimum atomic E-state index is -2.55. The highest BCUT2D eigenvalue weighted by Gasteiger charge is 2.65. The smallest absolute Gasteiger partial charge is 0.350 e. The lowest BCUT2D eigenvalue weighted by Crippen LogP contribution is -2.62. The Balaban J connectivity index is 6.33. The molecule has 0 saturated carbocycles. The Morgan fingerprint density at radius 2 is 1.21 bits per heavy atom. The van der Waals surface area contributed by atoms with Crippen molar-refractivity contribution < 1.29 is 38.9 Å². The first kappa shape index (κ1) is 35.9. The number of carbonyl (C=O) groups excluding carboxylic acids is 2. The molecule has 38 heavy (non-hydrogen) atoms. The summed E-state index contributed by atoms with van der Waals surface area (Å²) in [4.78, 5) is 50.8. The SMILES string of the molecule is CCCCOC(=O)C(CCCCCCC(C)C)(CCCCCCC(C)C)C(CC(=O)O)(OC(C)=O)C(=O)O. The van der Waals surface area contributed by atoms with Crippen molar-refractivity contribution in [2.24, 2.45) is 17.3 Å². The van der Waals surface area contributed by atoms with Crippen molar-refractivity contribution in [2.75, 3.05) is 6.61 Å². The summed E-state index contributed by atoms with van der Waals surface area (Å²) in [5, 5.41) is 20.2. The van der Waals surface area contributed by atoms with Crippen molar-refractivity contribution in [1.29, 1.82) is 0 Å². The number of hydrogen-bond donors (Lipinski definition) is 2. The molecule has 1 atom stereocenters. The number of carbonyl (C=O) groups is 4. The average Bonchev–Trinajstić information content (AvgIpc) is 2.80. The number of ether oxygens (including phenoxy) is 2. The third-order valence-corrected chi connectivity index (χ3v) is 7.23. The molecular weight excluding hydrogens is 488 g/mol. The van der Waals surface area contributed by atoms with Gasteiger partial charge >= 0.3 is 23.9 Å².